The second-order valence-electron chi connectivity index (χ2n) is 6.78. The van der Waals surface area contributed by atoms with Crippen molar-refractivity contribution in [1.82, 2.24) is 19.7 Å². The van der Waals surface area contributed by atoms with Crippen molar-refractivity contribution in [3.05, 3.63) is 78.6 Å². The zero-order chi connectivity index (χ0) is 21.6. The zero-order valence-electron chi connectivity index (χ0n) is 17.1. The lowest BCUT2D eigenvalue weighted by atomic mass is 10.2. The van der Waals surface area contributed by atoms with E-state index in [4.69, 9.17) is 4.74 Å². The summed E-state index contributed by atoms with van der Waals surface area (Å²) in [6.45, 7) is 2.01. The van der Waals surface area contributed by atoms with Gasteiger partial charge in [-0.1, -0.05) is 35.5 Å². The number of nitrogens with zero attached hydrogens (tertiary/aromatic N) is 4. The average molecular weight is 432 g/mol. The number of amides is 1. The molecule has 156 valence electrons. The minimum Gasteiger partial charge on any atom is -0.497 e. The molecule has 0 saturated heterocycles. The van der Waals surface area contributed by atoms with Crippen LogP contribution in [-0.4, -0.2) is 38.5 Å². The summed E-state index contributed by atoms with van der Waals surface area (Å²) in [4.78, 5) is 16.6. The molecule has 8 heteroatoms. The van der Waals surface area contributed by atoms with Crippen LogP contribution < -0.4 is 10.1 Å². The molecule has 2 aromatic carbocycles. The summed E-state index contributed by atoms with van der Waals surface area (Å²) in [6.07, 6.45) is 3.42. The molecule has 4 aromatic rings. The van der Waals surface area contributed by atoms with Gasteiger partial charge in [0.2, 0.25) is 5.91 Å². The maximum absolute atomic E-state index is 12.5. The van der Waals surface area contributed by atoms with Gasteiger partial charge in [0, 0.05) is 29.7 Å². The van der Waals surface area contributed by atoms with Gasteiger partial charge in [0.1, 0.15) is 5.75 Å². The van der Waals surface area contributed by atoms with Gasteiger partial charge < -0.3 is 10.1 Å². The van der Waals surface area contributed by atoms with Crippen LogP contribution in [0, 0.1) is 6.92 Å². The molecule has 0 fully saturated rings. The molecule has 0 aliphatic carbocycles. The van der Waals surface area contributed by atoms with Crippen LogP contribution in [0.3, 0.4) is 0 Å². The molecule has 7 nitrogen and oxygen atoms in total. The summed E-state index contributed by atoms with van der Waals surface area (Å²) in [5.74, 6) is 1.48. The van der Waals surface area contributed by atoms with E-state index in [0.29, 0.717) is 11.0 Å². The number of carbonyl (C=O) groups excluding carboxylic acids is 1. The Morgan fingerprint density at radius 2 is 1.84 bits per heavy atom. The number of benzene rings is 2. The molecule has 0 aliphatic rings. The van der Waals surface area contributed by atoms with Gasteiger partial charge in [0.05, 0.1) is 18.6 Å². The third-order valence-electron chi connectivity index (χ3n) is 4.55. The third kappa shape index (κ3) is 4.92. The molecular weight excluding hydrogens is 410 g/mol. The Hall–Kier alpha value is -3.65. The predicted octanol–water partition coefficient (Wildman–Crippen LogP) is 4.38. The number of nitrogens with one attached hydrogen (secondary N) is 1. The number of anilines is 1. The van der Waals surface area contributed by atoms with Crippen molar-refractivity contribution in [2.45, 2.75) is 12.1 Å². The van der Waals surface area contributed by atoms with Crippen LogP contribution >= 0.6 is 11.8 Å². The highest BCUT2D eigenvalue weighted by molar-refractivity contribution is 7.99. The van der Waals surface area contributed by atoms with Crippen LogP contribution in [-0.2, 0) is 4.79 Å². The van der Waals surface area contributed by atoms with Crippen LogP contribution in [0.1, 0.15) is 5.56 Å². The van der Waals surface area contributed by atoms with Gasteiger partial charge in [-0.2, -0.15) is 0 Å². The van der Waals surface area contributed by atoms with Crippen molar-refractivity contribution in [2.24, 2.45) is 0 Å². The van der Waals surface area contributed by atoms with E-state index in [1.807, 2.05) is 72.2 Å². The minimum atomic E-state index is -0.112. The lowest BCUT2D eigenvalue weighted by Gasteiger charge is -2.11. The van der Waals surface area contributed by atoms with Crippen LogP contribution in [0.15, 0.2) is 78.2 Å². The second kappa shape index (κ2) is 9.44. The Morgan fingerprint density at radius 3 is 2.58 bits per heavy atom. The lowest BCUT2D eigenvalue weighted by Crippen LogP contribution is -2.14. The summed E-state index contributed by atoms with van der Waals surface area (Å²) >= 11 is 1.32. The summed E-state index contributed by atoms with van der Waals surface area (Å²) in [6, 6.07) is 19.1. The second-order valence-corrected chi connectivity index (χ2v) is 7.72. The first-order chi connectivity index (χ1) is 15.1. The monoisotopic (exact) mass is 431 g/mol. The van der Waals surface area contributed by atoms with Gasteiger partial charge >= 0.3 is 0 Å². The maximum Gasteiger partial charge on any atom is 0.234 e. The molecule has 2 aromatic heterocycles. The molecule has 4 rings (SSSR count). The Labute approximate surface area is 184 Å². The number of hydrogen-bond donors (Lipinski definition) is 1. The number of aromatic nitrogens is 4. The predicted molar refractivity (Wildman–Crippen MR) is 122 cm³/mol. The standard InChI is InChI=1S/C23H21N5O2S/c1-16-6-8-18(9-7-16)25-21(29)15-31-23-27-26-22(17-10-12-24-13-11-17)28(23)19-4-3-5-20(14-19)30-2/h3-14H,15H2,1-2H3,(H,25,29). The number of aryl methyl sites for hydroxylation is 1. The molecule has 0 unspecified atom stereocenters. The molecule has 0 spiro atoms. The number of rotatable bonds is 7. The van der Waals surface area contributed by atoms with E-state index in [0.717, 1.165) is 28.3 Å². The fourth-order valence-corrected chi connectivity index (χ4v) is 3.75. The highest BCUT2D eigenvalue weighted by atomic mass is 32.2. The molecule has 0 bridgehead atoms. The third-order valence-corrected chi connectivity index (χ3v) is 5.48. The fraction of sp³-hybridized carbons (Fsp3) is 0.130. The smallest absolute Gasteiger partial charge is 0.234 e. The number of pyridine rings is 1. The number of carbonyl (C=O) groups is 1. The Morgan fingerprint density at radius 1 is 1.06 bits per heavy atom. The van der Waals surface area contributed by atoms with Gasteiger partial charge in [-0.3, -0.25) is 14.3 Å². The van der Waals surface area contributed by atoms with E-state index in [-0.39, 0.29) is 11.7 Å². The molecule has 31 heavy (non-hydrogen) atoms. The number of methoxy groups -OCH3 is 1. The van der Waals surface area contributed by atoms with Crippen LogP contribution in [0.25, 0.3) is 17.1 Å². The Balaban J connectivity index is 1.60. The maximum atomic E-state index is 12.5. The molecular formula is C23H21N5O2S. The first-order valence-electron chi connectivity index (χ1n) is 9.63. The summed E-state index contributed by atoms with van der Waals surface area (Å²) in [5, 5.41) is 12.3. The van der Waals surface area contributed by atoms with E-state index in [9.17, 15) is 4.79 Å². The van der Waals surface area contributed by atoms with E-state index >= 15 is 0 Å². The highest BCUT2D eigenvalue weighted by Crippen LogP contribution is 2.29. The number of ether oxygens (including phenoxy) is 1. The van der Waals surface area contributed by atoms with Crippen LogP contribution in [0.4, 0.5) is 5.69 Å². The molecule has 1 amide bonds. The zero-order valence-corrected chi connectivity index (χ0v) is 18.0. The topological polar surface area (TPSA) is 81.9 Å². The summed E-state index contributed by atoms with van der Waals surface area (Å²) in [7, 11) is 1.63. The summed E-state index contributed by atoms with van der Waals surface area (Å²) in [5.41, 5.74) is 3.63. The Kier molecular flexibility index (Phi) is 6.28. The molecule has 1 N–H and O–H groups in total. The van der Waals surface area contributed by atoms with Gasteiger partial charge in [-0.05, 0) is 43.3 Å². The largest absolute Gasteiger partial charge is 0.497 e. The molecule has 2 heterocycles. The van der Waals surface area contributed by atoms with E-state index < -0.39 is 0 Å². The van der Waals surface area contributed by atoms with Crippen molar-refractivity contribution in [3.8, 4) is 22.8 Å². The van der Waals surface area contributed by atoms with Gasteiger partial charge in [-0.15, -0.1) is 10.2 Å². The number of thioether (sulfide) groups is 1. The molecule has 0 saturated carbocycles. The molecule has 0 radical (unpaired) electrons. The molecule has 0 aliphatic heterocycles. The van der Waals surface area contributed by atoms with Gasteiger partial charge in [0.25, 0.3) is 0 Å². The fourth-order valence-electron chi connectivity index (χ4n) is 3.00. The Bertz CT molecular complexity index is 1180. The number of hydrogen-bond acceptors (Lipinski definition) is 6. The van der Waals surface area contributed by atoms with E-state index in [1.165, 1.54) is 11.8 Å². The molecule has 0 atom stereocenters. The minimum absolute atomic E-state index is 0.112. The first kappa shape index (κ1) is 20.6. The lowest BCUT2D eigenvalue weighted by molar-refractivity contribution is -0.113. The van der Waals surface area contributed by atoms with E-state index in [1.54, 1.807) is 19.5 Å². The van der Waals surface area contributed by atoms with Crippen molar-refractivity contribution < 1.29 is 9.53 Å². The average Bonchev–Trinajstić information content (AvgIpc) is 3.24. The van der Waals surface area contributed by atoms with Crippen molar-refractivity contribution in [3.63, 3.8) is 0 Å². The highest BCUT2D eigenvalue weighted by Gasteiger charge is 2.18. The van der Waals surface area contributed by atoms with Gasteiger partial charge in [0.15, 0.2) is 11.0 Å². The summed E-state index contributed by atoms with van der Waals surface area (Å²) < 4.78 is 7.29. The van der Waals surface area contributed by atoms with Crippen molar-refractivity contribution in [2.75, 3.05) is 18.2 Å². The van der Waals surface area contributed by atoms with E-state index in [2.05, 4.69) is 20.5 Å². The normalized spacial score (nSPS) is 10.6. The van der Waals surface area contributed by atoms with Crippen molar-refractivity contribution in [1.29, 1.82) is 0 Å². The van der Waals surface area contributed by atoms with Crippen LogP contribution in [0.2, 0.25) is 0 Å². The SMILES string of the molecule is COc1cccc(-n2c(SCC(=O)Nc3ccc(C)cc3)nnc2-c2ccncc2)c1. The van der Waals surface area contributed by atoms with Gasteiger partial charge in [-0.25, -0.2) is 0 Å². The first-order valence-corrected chi connectivity index (χ1v) is 10.6. The van der Waals surface area contributed by atoms with Crippen molar-refractivity contribution >= 4 is 23.4 Å². The quantitative estimate of drug-likeness (QED) is 0.438. The van der Waals surface area contributed by atoms with Crippen LogP contribution in [0.5, 0.6) is 5.75 Å².